The van der Waals surface area contributed by atoms with Gasteiger partial charge in [0.15, 0.2) is 10.8 Å². The third-order valence-corrected chi connectivity index (χ3v) is 5.23. The number of nitrogens with two attached hydrogens (primary N) is 1. The minimum Gasteiger partial charge on any atom is -0.548 e. The van der Waals surface area contributed by atoms with Crippen molar-refractivity contribution in [1.29, 1.82) is 0 Å². The van der Waals surface area contributed by atoms with Crippen LogP contribution in [0.4, 0.5) is 5.13 Å². The van der Waals surface area contributed by atoms with Crippen molar-refractivity contribution < 1.29 is 92.7 Å². The van der Waals surface area contributed by atoms with Crippen molar-refractivity contribution in [2.45, 2.75) is 23.9 Å². The first-order valence-corrected chi connectivity index (χ1v) is 8.98. The van der Waals surface area contributed by atoms with Crippen LogP contribution in [0.25, 0.3) is 0 Å². The van der Waals surface area contributed by atoms with E-state index in [1.54, 1.807) is 0 Å². The standard InChI is InChI=1S/C13H17N5O6S2.2Na/c1-24-18-7(6-4-26-13(14)16-6)9(19)17-8(12(22)23)10-15-5(11(20)21)2-3-25-10;;/h4-5,8,10,15H,2-3H2,1H3,(H2,14,16)(H,17,19)(H,20,21)(H,22,23);;/q;2*+1/p-2/b18-7-;;/t5?,8-,10+;;/m0../s1/i1D3;;. The zero-order valence-electron chi connectivity index (χ0n) is 18.0. The molecule has 142 valence electrons. The van der Waals surface area contributed by atoms with E-state index in [9.17, 15) is 24.6 Å². The van der Waals surface area contributed by atoms with Gasteiger partial charge in [-0.15, -0.1) is 23.1 Å². The number of thiazole rings is 1. The average molecular weight is 450 g/mol. The van der Waals surface area contributed by atoms with E-state index in [0.717, 1.165) is 23.1 Å². The van der Waals surface area contributed by atoms with Crippen LogP contribution >= 0.6 is 23.1 Å². The molecule has 0 spiro atoms. The Balaban J connectivity index is 0.00000450. The van der Waals surface area contributed by atoms with Crippen molar-refractivity contribution in [2.75, 3.05) is 18.5 Å². The number of aliphatic carboxylic acids is 2. The minimum absolute atomic E-state index is 0. The number of nitrogens with one attached hydrogen (secondary N) is 2. The van der Waals surface area contributed by atoms with E-state index in [1.807, 2.05) is 0 Å². The Kier molecular flexibility index (Phi) is 10.4. The van der Waals surface area contributed by atoms with E-state index in [2.05, 4.69) is 25.6 Å². The summed E-state index contributed by atoms with van der Waals surface area (Å²) >= 11 is 1.99. The molecule has 2 rings (SSSR count). The van der Waals surface area contributed by atoms with Crippen molar-refractivity contribution in [3.8, 4) is 0 Å². The number of hydrogen-bond acceptors (Lipinski definition) is 12. The number of carboxylic acids is 2. The van der Waals surface area contributed by atoms with Crippen molar-refractivity contribution >= 4 is 51.8 Å². The zero-order valence-corrected chi connectivity index (χ0v) is 20.6. The van der Waals surface area contributed by atoms with Crippen LogP contribution in [0.3, 0.4) is 0 Å². The van der Waals surface area contributed by atoms with Gasteiger partial charge < -0.3 is 35.7 Å². The van der Waals surface area contributed by atoms with Gasteiger partial charge in [0.1, 0.15) is 12.7 Å². The number of nitrogens with zero attached hydrogens (tertiary/aromatic N) is 2. The maximum Gasteiger partial charge on any atom is 1.00 e. The molecule has 0 aliphatic carbocycles. The van der Waals surface area contributed by atoms with Gasteiger partial charge >= 0.3 is 59.1 Å². The average Bonchev–Trinajstić information content (AvgIpc) is 3.04. The zero-order chi connectivity index (χ0) is 21.8. The number of aromatic nitrogens is 1. The summed E-state index contributed by atoms with van der Waals surface area (Å²) in [4.78, 5) is 43.3. The molecule has 1 aliphatic rings. The molecular formula is C13H15N5Na2O6S2. The first-order valence-electron chi connectivity index (χ1n) is 8.55. The van der Waals surface area contributed by atoms with E-state index < -0.39 is 48.1 Å². The Morgan fingerprint density at radius 3 is 2.75 bits per heavy atom. The first kappa shape index (κ1) is 22.3. The Hall–Kier alpha value is -0.380. The Morgan fingerprint density at radius 1 is 1.50 bits per heavy atom. The fourth-order valence-electron chi connectivity index (χ4n) is 2.14. The molecule has 1 aromatic heterocycles. The third-order valence-electron chi connectivity index (χ3n) is 3.31. The van der Waals surface area contributed by atoms with Crippen LogP contribution in [0.5, 0.6) is 0 Å². The van der Waals surface area contributed by atoms with Crippen LogP contribution in [0.1, 0.15) is 16.2 Å². The van der Waals surface area contributed by atoms with Gasteiger partial charge in [-0.3, -0.25) is 10.1 Å². The summed E-state index contributed by atoms with van der Waals surface area (Å²) in [5.74, 6) is -3.95. The van der Waals surface area contributed by atoms with E-state index in [0.29, 0.717) is 5.75 Å². The van der Waals surface area contributed by atoms with E-state index in [-0.39, 0.29) is 76.4 Å². The van der Waals surface area contributed by atoms with Gasteiger partial charge in [-0.05, 0) is 12.2 Å². The normalized spacial score (nSPS) is 22.1. The molecule has 4 N–H and O–H groups in total. The summed E-state index contributed by atoms with van der Waals surface area (Å²) < 4.78 is 21.1. The number of carboxylic acid groups (broad SMARTS) is 2. The Bertz CT molecular complexity index is 828. The number of hydrogen-bond donors (Lipinski definition) is 3. The topological polar surface area (TPSA) is 182 Å². The van der Waals surface area contributed by atoms with Crippen LogP contribution in [-0.2, 0) is 19.2 Å². The molecule has 0 bridgehead atoms. The smallest absolute Gasteiger partial charge is 0.548 e. The predicted molar refractivity (Wildman–Crippen MR) is 89.8 cm³/mol. The second-order valence-electron chi connectivity index (χ2n) is 4.99. The van der Waals surface area contributed by atoms with Gasteiger partial charge in [-0.2, -0.15) is 0 Å². The third kappa shape index (κ3) is 7.46. The molecule has 1 amide bonds. The van der Waals surface area contributed by atoms with Gasteiger partial charge in [0.2, 0.25) is 0 Å². The molecule has 0 radical (unpaired) electrons. The molecule has 15 heteroatoms. The number of anilines is 1. The molecule has 2 heterocycles. The van der Waals surface area contributed by atoms with Crippen molar-refractivity contribution in [3.63, 3.8) is 0 Å². The van der Waals surface area contributed by atoms with Crippen molar-refractivity contribution in [2.24, 2.45) is 5.16 Å². The first-order chi connectivity index (χ1) is 13.5. The molecule has 1 unspecified atom stereocenters. The monoisotopic (exact) mass is 450 g/mol. The number of thioether (sulfide) groups is 1. The molecule has 1 fully saturated rings. The molecule has 3 atom stereocenters. The fourth-order valence-corrected chi connectivity index (χ4v) is 3.94. The van der Waals surface area contributed by atoms with E-state index in [1.165, 1.54) is 5.38 Å². The molecule has 0 aromatic carbocycles. The number of oxime groups is 1. The van der Waals surface area contributed by atoms with E-state index in [4.69, 9.17) is 9.85 Å². The summed E-state index contributed by atoms with van der Waals surface area (Å²) in [5.41, 5.74) is 4.74. The number of carbonyl (C=O) groups excluding carboxylic acids is 3. The molecule has 1 aliphatic heterocycles. The van der Waals surface area contributed by atoms with Crippen molar-refractivity contribution in [3.05, 3.63) is 11.1 Å². The van der Waals surface area contributed by atoms with Gasteiger partial charge in [-0.1, -0.05) is 5.16 Å². The molecule has 1 aromatic rings. The molecule has 28 heavy (non-hydrogen) atoms. The number of rotatable bonds is 7. The second kappa shape index (κ2) is 13.0. The summed E-state index contributed by atoms with van der Waals surface area (Å²) in [5, 5.41) is 30.8. The SMILES string of the molecule is [2H]C([2H])([2H])O/N=C(\C(=O)N[C@H](C(=O)[O-])[C@@H]1NC(C(=O)[O-])CCS1)c1csc(N)n1.[Na+].[Na+]. The maximum atomic E-state index is 12.6. The summed E-state index contributed by atoms with van der Waals surface area (Å²) in [6.07, 6.45) is 0.203. The largest absolute Gasteiger partial charge is 1.00 e. The number of carbonyl (C=O) groups is 3. The van der Waals surface area contributed by atoms with Gasteiger partial charge in [-0.25, -0.2) is 4.98 Å². The number of amides is 1. The molecule has 11 nitrogen and oxygen atoms in total. The van der Waals surface area contributed by atoms with Crippen LogP contribution in [0.15, 0.2) is 10.5 Å². The predicted octanol–water partition coefficient (Wildman–Crippen LogP) is -9.51. The van der Waals surface area contributed by atoms with Crippen LogP contribution < -0.4 is 85.7 Å². The molecular weight excluding hydrogens is 432 g/mol. The fraction of sp³-hybridized carbons (Fsp3) is 0.462. The van der Waals surface area contributed by atoms with Crippen LogP contribution in [0, 0.1) is 0 Å². The van der Waals surface area contributed by atoms with Gasteiger partial charge in [0.25, 0.3) is 5.91 Å². The number of nitrogen functional groups attached to an aromatic ring is 1. The van der Waals surface area contributed by atoms with Crippen molar-refractivity contribution in [1.82, 2.24) is 15.6 Å². The molecule has 1 saturated heterocycles. The summed E-state index contributed by atoms with van der Waals surface area (Å²) in [6.45, 7) is 0. The van der Waals surface area contributed by atoms with Crippen LogP contribution in [-0.4, -0.2) is 58.8 Å². The van der Waals surface area contributed by atoms with E-state index >= 15 is 0 Å². The quantitative estimate of drug-likeness (QED) is 0.205. The summed E-state index contributed by atoms with van der Waals surface area (Å²) in [6, 6.07) is -2.78. The van der Waals surface area contributed by atoms with Crippen LogP contribution in [0.2, 0.25) is 0 Å². The minimum atomic E-state index is -2.97. The van der Waals surface area contributed by atoms with Gasteiger partial charge in [0, 0.05) is 11.4 Å². The molecule has 0 saturated carbocycles. The van der Waals surface area contributed by atoms with Gasteiger partial charge in [0.05, 0.1) is 27.5 Å². The summed E-state index contributed by atoms with van der Waals surface area (Å²) in [7, 11) is -2.97. The Morgan fingerprint density at radius 2 is 2.21 bits per heavy atom. The second-order valence-corrected chi connectivity index (χ2v) is 7.13. The maximum absolute atomic E-state index is 12.6. The Labute approximate surface area is 217 Å².